The van der Waals surface area contributed by atoms with Crippen molar-refractivity contribution >= 4 is 11.9 Å². The number of alkyl halides is 3. The molecule has 0 amide bonds. The molecule has 0 saturated carbocycles. The Labute approximate surface area is 93.0 Å². The second-order valence-electron chi connectivity index (χ2n) is 3.01. The molecule has 0 radical (unpaired) electrons. The van der Waals surface area contributed by atoms with Crippen molar-refractivity contribution in [3.63, 3.8) is 0 Å². The smallest absolute Gasteiger partial charge is 0.468 e. The minimum absolute atomic E-state index is 0.179. The minimum Gasteiger partial charge on any atom is -0.468 e. The van der Waals surface area contributed by atoms with E-state index in [1.165, 1.54) is 25.3 Å². The Morgan fingerprint density at radius 3 is 2.47 bits per heavy atom. The second-order valence-corrected chi connectivity index (χ2v) is 3.01. The van der Waals surface area contributed by atoms with E-state index in [2.05, 4.69) is 9.78 Å². The first-order valence-electron chi connectivity index (χ1n) is 4.35. The minimum atomic E-state index is -5.21. The lowest BCUT2D eigenvalue weighted by molar-refractivity contribution is -0.286. The number of carbonyl (C=O) groups excluding carboxylic acids is 2. The molecular formula is C9H7F3O5. The fourth-order valence-electron chi connectivity index (χ4n) is 0.852. The second kappa shape index (κ2) is 4.89. The molecule has 1 aromatic rings. The van der Waals surface area contributed by atoms with Crippen LogP contribution in [0.25, 0.3) is 0 Å². The molecule has 5 nitrogen and oxygen atoms in total. The molecule has 0 spiro atoms. The molecular weight excluding hydrogens is 245 g/mol. The third kappa shape index (κ3) is 3.51. The molecule has 0 N–H and O–H groups in total. The van der Waals surface area contributed by atoms with Crippen molar-refractivity contribution < 1.29 is 37.0 Å². The van der Waals surface area contributed by atoms with Gasteiger partial charge in [0.2, 0.25) is 0 Å². The van der Waals surface area contributed by atoms with Crippen LogP contribution in [0.5, 0.6) is 0 Å². The van der Waals surface area contributed by atoms with Crippen LogP contribution < -0.4 is 0 Å². The molecule has 0 fully saturated rings. The van der Waals surface area contributed by atoms with Crippen LogP contribution in [-0.2, 0) is 19.4 Å². The van der Waals surface area contributed by atoms with Crippen LogP contribution in [0, 0.1) is 0 Å². The lowest BCUT2D eigenvalue weighted by atomic mass is 10.1. The number of halogens is 3. The number of rotatable bonds is 2. The summed E-state index contributed by atoms with van der Waals surface area (Å²) in [5, 5.41) is 0. The molecule has 1 heterocycles. The van der Waals surface area contributed by atoms with Gasteiger partial charge in [-0.05, 0) is 19.1 Å². The Kier molecular flexibility index (Phi) is 3.77. The summed E-state index contributed by atoms with van der Waals surface area (Å²) in [5.41, 5.74) is 0. The molecule has 8 heteroatoms. The quantitative estimate of drug-likeness (QED) is 0.594. The van der Waals surface area contributed by atoms with E-state index in [9.17, 15) is 22.8 Å². The summed E-state index contributed by atoms with van der Waals surface area (Å²) in [6, 6.07) is 2.92. The standard InChI is InChI=1S/C9H7F3O5/c1-5(6-3-2-4-15-6)7(13)16-17-8(14)9(10,11)12/h2-5H,1H3. The van der Waals surface area contributed by atoms with Crippen LogP contribution in [-0.4, -0.2) is 18.1 Å². The number of hydrogen-bond donors (Lipinski definition) is 0. The van der Waals surface area contributed by atoms with Gasteiger partial charge < -0.3 is 4.42 Å². The Morgan fingerprint density at radius 1 is 1.35 bits per heavy atom. The molecule has 0 bridgehead atoms. The van der Waals surface area contributed by atoms with E-state index >= 15 is 0 Å². The normalized spacial score (nSPS) is 12.9. The molecule has 1 rings (SSSR count). The summed E-state index contributed by atoms with van der Waals surface area (Å²) in [5.74, 6) is -4.57. The molecule has 94 valence electrons. The Hall–Kier alpha value is -1.99. The monoisotopic (exact) mass is 252 g/mol. The molecule has 0 aliphatic heterocycles. The predicted molar refractivity (Wildman–Crippen MR) is 45.4 cm³/mol. The van der Waals surface area contributed by atoms with Crippen LogP contribution in [0.15, 0.2) is 22.8 Å². The van der Waals surface area contributed by atoms with Gasteiger partial charge in [-0.25, -0.2) is 19.4 Å². The summed E-state index contributed by atoms with van der Waals surface area (Å²) in [4.78, 5) is 28.5. The van der Waals surface area contributed by atoms with Gasteiger partial charge in [-0.15, -0.1) is 0 Å². The molecule has 1 atom stereocenters. The van der Waals surface area contributed by atoms with Crippen molar-refractivity contribution in [3.05, 3.63) is 24.2 Å². The van der Waals surface area contributed by atoms with Gasteiger partial charge in [0.25, 0.3) is 0 Å². The molecule has 0 saturated heterocycles. The van der Waals surface area contributed by atoms with E-state index < -0.39 is 24.0 Å². The number of hydrogen-bond acceptors (Lipinski definition) is 5. The van der Waals surface area contributed by atoms with Crippen molar-refractivity contribution in [1.82, 2.24) is 0 Å². The van der Waals surface area contributed by atoms with Crippen molar-refractivity contribution in [1.29, 1.82) is 0 Å². The van der Waals surface area contributed by atoms with Gasteiger partial charge in [-0.3, -0.25) is 0 Å². The zero-order valence-electron chi connectivity index (χ0n) is 8.48. The van der Waals surface area contributed by atoms with E-state index in [1.54, 1.807) is 0 Å². The largest absolute Gasteiger partial charge is 0.495 e. The maximum absolute atomic E-state index is 11.7. The summed E-state index contributed by atoms with van der Waals surface area (Å²) in [7, 11) is 0. The highest BCUT2D eigenvalue weighted by Gasteiger charge is 2.43. The Balaban J connectivity index is 2.48. The lowest BCUT2D eigenvalue weighted by Crippen LogP contribution is -2.27. The van der Waals surface area contributed by atoms with Crippen molar-refractivity contribution in [3.8, 4) is 0 Å². The van der Waals surface area contributed by atoms with Gasteiger partial charge in [0, 0.05) is 0 Å². The molecule has 0 aliphatic rings. The predicted octanol–water partition coefficient (Wildman–Crippen LogP) is 1.95. The first-order valence-corrected chi connectivity index (χ1v) is 4.35. The van der Waals surface area contributed by atoms with Crippen LogP contribution in [0.4, 0.5) is 13.2 Å². The molecule has 17 heavy (non-hydrogen) atoms. The van der Waals surface area contributed by atoms with Gasteiger partial charge in [0.1, 0.15) is 11.7 Å². The number of furan rings is 1. The maximum Gasteiger partial charge on any atom is 0.495 e. The van der Waals surface area contributed by atoms with Gasteiger partial charge in [0.15, 0.2) is 0 Å². The van der Waals surface area contributed by atoms with E-state index in [1.807, 2.05) is 0 Å². The maximum atomic E-state index is 11.7. The summed E-state index contributed by atoms with van der Waals surface area (Å²) in [6.45, 7) is 1.32. The van der Waals surface area contributed by atoms with Crippen molar-refractivity contribution in [2.45, 2.75) is 19.0 Å². The highest BCUT2D eigenvalue weighted by molar-refractivity contribution is 5.79. The van der Waals surface area contributed by atoms with Gasteiger partial charge in [-0.2, -0.15) is 13.2 Å². The van der Waals surface area contributed by atoms with Gasteiger partial charge in [-0.1, -0.05) is 0 Å². The third-order valence-electron chi connectivity index (χ3n) is 1.75. The first-order chi connectivity index (χ1) is 7.82. The van der Waals surface area contributed by atoms with Crippen LogP contribution in [0.3, 0.4) is 0 Å². The summed E-state index contributed by atoms with van der Waals surface area (Å²) >= 11 is 0. The fraction of sp³-hybridized carbons (Fsp3) is 0.333. The fourth-order valence-corrected chi connectivity index (χ4v) is 0.852. The van der Waals surface area contributed by atoms with E-state index in [-0.39, 0.29) is 5.76 Å². The van der Waals surface area contributed by atoms with Gasteiger partial charge >= 0.3 is 18.1 Å². The molecule has 0 aliphatic carbocycles. The van der Waals surface area contributed by atoms with E-state index in [0.717, 1.165) is 0 Å². The zero-order chi connectivity index (χ0) is 13.1. The highest BCUT2D eigenvalue weighted by Crippen LogP contribution is 2.19. The van der Waals surface area contributed by atoms with E-state index in [0.29, 0.717) is 0 Å². The molecule has 0 aromatic carbocycles. The molecule has 1 aromatic heterocycles. The highest BCUT2D eigenvalue weighted by atomic mass is 19.4. The zero-order valence-corrected chi connectivity index (χ0v) is 8.48. The first kappa shape index (κ1) is 13.1. The summed E-state index contributed by atoms with van der Waals surface area (Å²) in [6.07, 6.45) is -3.94. The topological polar surface area (TPSA) is 65.7 Å². The SMILES string of the molecule is CC(C(=O)OOC(=O)C(F)(F)F)c1ccco1. The third-order valence-corrected chi connectivity index (χ3v) is 1.75. The van der Waals surface area contributed by atoms with Crippen LogP contribution in [0.2, 0.25) is 0 Å². The summed E-state index contributed by atoms with van der Waals surface area (Å²) < 4.78 is 39.9. The van der Waals surface area contributed by atoms with Crippen LogP contribution in [0.1, 0.15) is 18.6 Å². The average molecular weight is 252 g/mol. The van der Waals surface area contributed by atoms with Crippen LogP contribution >= 0.6 is 0 Å². The lowest BCUT2D eigenvalue weighted by Gasteiger charge is -2.08. The van der Waals surface area contributed by atoms with Gasteiger partial charge in [0.05, 0.1) is 6.26 Å². The van der Waals surface area contributed by atoms with Crippen molar-refractivity contribution in [2.24, 2.45) is 0 Å². The molecule has 1 unspecified atom stereocenters. The Morgan fingerprint density at radius 2 is 2.00 bits per heavy atom. The van der Waals surface area contributed by atoms with E-state index in [4.69, 9.17) is 4.42 Å². The number of carbonyl (C=O) groups is 2. The average Bonchev–Trinajstić information content (AvgIpc) is 2.76. The Bertz CT molecular complexity index is 395. The van der Waals surface area contributed by atoms with Crippen molar-refractivity contribution in [2.75, 3.05) is 0 Å².